The second-order valence-electron chi connectivity index (χ2n) is 12.4. The van der Waals surface area contributed by atoms with Crippen LogP contribution >= 0.6 is 0 Å². The number of hydrogen-bond acceptors (Lipinski definition) is 4. The van der Waals surface area contributed by atoms with Gasteiger partial charge in [-0.3, -0.25) is 13.9 Å². The van der Waals surface area contributed by atoms with Crippen molar-refractivity contribution < 1.29 is 18.0 Å². The summed E-state index contributed by atoms with van der Waals surface area (Å²) in [7, 11) is -4.15. The highest BCUT2D eigenvalue weighted by molar-refractivity contribution is 7.92. The second kappa shape index (κ2) is 15.9. The van der Waals surface area contributed by atoms with Crippen LogP contribution in [0.1, 0.15) is 61.3 Å². The lowest BCUT2D eigenvalue weighted by Crippen LogP contribution is -2.55. The maximum atomic E-state index is 14.7. The summed E-state index contributed by atoms with van der Waals surface area (Å²) >= 11 is 0. The molecule has 0 heterocycles. The highest BCUT2D eigenvalue weighted by Crippen LogP contribution is 2.29. The van der Waals surface area contributed by atoms with E-state index in [0.717, 1.165) is 54.4 Å². The zero-order valence-corrected chi connectivity index (χ0v) is 28.2. The first-order valence-corrected chi connectivity index (χ1v) is 18.0. The van der Waals surface area contributed by atoms with E-state index in [1.54, 1.807) is 41.3 Å². The number of carbonyl (C=O) groups is 2. The van der Waals surface area contributed by atoms with Gasteiger partial charge in [0.15, 0.2) is 0 Å². The first kappa shape index (κ1) is 33.9. The largest absolute Gasteiger partial charge is 0.352 e. The van der Waals surface area contributed by atoms with Crippen molar-refractivity contribution in [3.05, 3.63) is 131 Å². The SMILES string of the molecule is CCc1ccccc1N(CC(=O)N(Cc1ccccc1)C(Cc1ccccc1)C(=O)NC1CCCCC1)S(=O)(=O)c1ccc(C)cc1. The molecule has 1 aliphatic rings. The summed E-state index contributed by atoms with van der Waals surface area (Å²) in [5, 5.41) is 3.26. The van der Waals surface area contributed by atoms with Crippen molar-refractivity contribution in [1.29, 1.82) is 0 Å². The molecule has 1 aliphatic carbocycles. The van der Waals surface area contributed by atoms with Crippen molar-refractivity contribution >= 4 is 27.5 Å². The zero-order valence-electron chi connectivity index (χ0n) is 27.3. The Bertz CT molecular complexity index is 1720. The fourth-order valence-corrected chi connectivity index (χ4v) is 7.73. The number of nitrogens with one attached hydrogen (secondary N) is 1. The summed E-state index contributed by atoms with van der Waals surface area (Å²) in [6.07, 6.45) is 5.97. The van der Waals surface area contributed by atoms with Gasteiger partial charge in [-0.15, -0.1) is 0 Å². The topological polar surface area (TPSA) is 86.8 Å². The van der Waals surface area contributed by atoms with Crippen molar-refractivity contribution in [3.63, 3.8) is 0 Å². The van der Waals surface area contributed by atoms with Crippen molar-refractivity contribution in [3.8, 4) is 0 Å². The number of sulfonamides is 1. The standard InChI is InChI=1S/C39H45N3O4S/c1-3-33-19-13-14-22-36(33)42(47(45,46)35-25-23-30(2)24-26-35)29-38(43)41(28-32-17-9-5-10-18-32)37(27-31-15-7-4-8-16-31)39(44)40-34-20-11-6-12-21-34/h4-5,7-10,13-19,22-26,34,37H,3,6,11-12,20-21,27-29H2,1-2H3,(H,40,44). The minimum absolute atomic E-state index is 0.0537. The third-order valence-corrected chi connectivity index (χ3v) is 10.7. The van der Waals surface area contributed by atoms with Crippen molar-refractivity contribution in [2.75, 3.05) is 10.8 Å². The number of anilines is 1. The quantitative estimate of drug-likeness (QED) is 0.172. The van der Waals surface area contributed by atoms with Crippen molar-refractivity contribution in [2.24, 2.45) is 0 Å². The molecule has 8 heteroatoms. The second-order valence-corrected chi connectivity index (χ2v) is 14.2. The van der Waals surface area contributed by atoms with Gasteiger partial charge >= 0.3 is 0 Å². The van der Waals surface area contributed by atoms with Crippen LogP contribution in [0, 0.1) is 6.92 Å². The molecule has 0 aliphatic heterocycles. The van der Waals surface area contributed by atoms with E-state index in [0.29, 0.717) is 18.5 Å². The maximum absolute atomic E-state index is 14.7. The van der Waals surface area contributed by atoms with Crippen molar-refractivity contribution in [1.82, 2.24) is 10.2 Å². The molecular formula is C39H45N3O4S. The molecule has 0 bridgehead atoms. The summed E-state index contributed by atoms with van der Waals surface area (Å²) in [5.41, 5.74) is 3.97. The van der Waals surface area contributed by atoms with Gasteiger partial charge < -0.3 is 10.2 Å². The molecule has 47 heavy (non-hydrogen) atoms. The number of amides is 2. The number of aryl methyl sites for hydroxylation is 2. The summed E-state index contributed by atoms with van der Waals surface area (Å²) in [6, 6.07) is 32.4. The van der Waals surface area contributed by atoms with E-state index < -0.39 is 28.5 Å². The third kappa shape index (κ3) is 8.69. The highest BCUT2D eigenvalue weighted by atomic mass is 32.2. The van der Waals surface area contributed by atoms with Crippen molar-refractivity contribution in [2.45, 2.75) is 82.3 Å². The molecule has 246 valence electrons. The lowest BCUT2D eigenvalue weighted by molar-refractivity contribution is -0.140. The van der Waals surface area contributed by atoms with E-state index in [2.05, 4.69) is 5.32 Å². The predicted octanol–water partition coefficient (Wildman–Crippen LogP) is 6.84. The van der Waals surface area contributed by atoms with E-state index in [-0.39, 0.29) is 23.4 Å². The smallest absolute Gasteiger partial charge is 0.264 e. The average Bonchev–Trinajstić information content (AvgIpc) is 3.10. The Morgan fingerprint density at radius 2 is 1.38 bits per heavy atom. The van der Waals surface area contributed by atoms with E-state index in [9.17, 15) is 18.0 Å². The van der Waals surface area contributed by atoms with Crippen LogP contribution in [0.15, 0.2) is 114 Å². The summed E-state index contributed by atoms with van der Waals surface area (Å²) in [4.78, 5) is 30.6. The molecule has 1 atom stereocenters. The minimum Gasteiger partial charge on any atom is -0.352 e. The summed E-state index contributed by atoms with van der Waals surface area (Å²) in [6.45, 7) is 3.56. The molecule has 1 fully saturated rings. The molecule has 0 spiro atoms. The number of hydrogen-bond donors (Lipinski definition) is 1. The number of benzene rings is 4. The van der Waals surface area contributed by atoms with Crippen LogP contribution in [-0.2, 0) is 39.0 Å². The fourth-order valence-electron chi connectivity index (χ4n) is 6.28. The normalized spacial score (nSPS) is 14.3. The Kier molecular flexibility index (Phi) is 11.5. The van der Waals surface area contributed by atoms with Crippen LogP contribution in [0.2, 0.25) is 0 Å². The average molecular weight is 652 g/mol. The van der Waals surface area contributed by atoms with E-state index in [1.165, 1.54) is 4.31 Å². The van der Waals surface area contributed by atoms with Crippen LogP contribution in [0.3, 0.4) is 0 Å². The third-order valence-electron chi connectivity index (χ3n) is 8.95. The molecule has 2 amide bonds. The van der Waals surface area contributed by atoms with Crippen LogP contribution < -0.4 is 9.62 Å². The summed E-state index contributed by atoms with van der Waals surface area (Å²) in [5.74, 6) is -0.665. The number of para-hydroxylation sites is 1. The van der Waals surface area contributed by atoms with E-state index >= 15 is 0 Å². The van der Waals surface area contributed by atoms with Crippen LogP contribution in [0.5, 0.6) is 0 Å². The Hall–Kier alpha value is -4.43. The molecular weight excluding hydrogens is 607 g/mol. The molecule has 7 nitrogen and oxygen atoms in total. The molecule has 5 rings (SSSR count). The Morgan fingerprint density at radius 3 is 2.02 bits per heavy atom. The van der Waals surface area contributed by atoms with Crippen LogP contribution in [0.4, 0.5) is 5.69 Å². The minimum atomic E-state index is -4.15. The molecule has 4 aromatic carbocycles. The highest BCUT2D eigenvalue weighted by Gasteiger charge is 2.36. The molecule has 1 unspecified atom stereocenters. The van der Waals surface area contributed by atoms with Gasteiger partial charge in [-0.25, -0.2) is 8.42 Å². The Morgan fingerprint density at radius 1 is 0.787 bits per heavy atom. The van der Waals surface area contributed by atoms with Gasteiger partial charge in [-0.2, -0.15) is 0 Å². The Labute approximate surface area is 279 Å². The van der Waals surface area contributed by atoms with Gasteiger partial charge in [-0.1, -0.05) is 123 Å². The van der Waals surface area contributed by atoms with E-state index in [1.807, 2.05) is 86.6 Å². The van der Waals surface area contributed by atoms with E-state index in [4.69, 9.17) is 0 Å². The lowest BCUT2D eigenvalue weighted by Gasteiger charge is -2.35. The molecule has 4 aromatic rings. The van der Waals surface area contributed by atoms with Gasteiger partial charge in [0.1, 0.15) is 12.6 Å². The molecule has 0 aromatic heterocycles. The van der Waals surface area contributed by atoms with Gasteiger partial charge in [0.25, 0.3) is 10.0 Å². The first-order chi connectivity index (χ1) is 22.8. The van der Waals surface area contributed by atoms with Gasteiger partial charge in [0, 0.05) is 19.0 Å². The van der Waals surface area contributed by atoms with Crippen LogP contribution in [0.25, 0.3) is 0 Å². The summed E-state index contributed by atoms with van der Waals surface area (Å²) < 4.78 is 29.9. The van der Waals surface area contributed by atoms with Crippen LogP contribution in [-0.4, -0.2) is 43.8 Å². The van der Waals surface area contributed by atoms with Gasteiger partial charge in [0.2, 0.25) is 11.8 Å². The maximum Gasteiger partial charge on any atom is 0.264 e. The molecule has 1 N–H and O–H groups in total. The van der Waals surface area contributed by atoms with Gasteiger partial charge in [-0.05, 0) is 61.1 Å². The molecule has 0 saturated heterocycles. The predicted molar refractivity (Wildman–Crippen MR) is 187 cm³/mol. The lowest BCUT2D eigenvalue weighted by atomic mass is 9.94. The monoisotopic (exact) mass is 651 g/mol. The Balaban J connectivity index is 1.57. The molecule has 1 saturated carbocycles. The van der Waals surface area contributed by atoms with Gasteiger partial charge in [0.05, 0.1) is 10.6 Å². The number of carbonyl (C=O) groups excluding carboxylic acids is 2. The first-order valence-electron chi connectivity index (χ1n) is 16.6. The zero-order chi connectivity index (χ0) is 33.2. The number of nitrogens with zero attached hydrogens (tertiary/aromatic N) is 2. The molecule has 0 radical (unpaired) electrons. The number of rotatable bonds is 13. The fraction of sp³-hybridized carbons (Fsp3) is 0.333.